The predicted octanol–water partition coefficient (Wildman–Crippen LogP) is 1.97. The Bertz CT molecular complexity index is 620. The van der Waals surface area contributed by atoms with Gasteiger partial charge in [-0.15, -0.1) is 0 Å². The topological polar surface area (TPSA) is 60.9 Å². The Morgan fingerprint density at radius 2 is 2.00 bits per heavy atom. The van der Waals surface area contributed by atoms with Crippen LogP contribution in [0.1, 0.15) is 18.4 Å². The Hall–Kier alpha value is -2.08. The lowest BCUT2D eigenvalue weighted by molar-refractivity contribution is -0.131. The fourth-order valence-corrected chi connectivity index (χ4v) is 2.63. The molecule has 1 heterocycles. The summed E-state index contributed by atoms with van der Waals surface area (Å²) >= 11 is 6.08. The van der Waals surface area contributed by atoms with E-state index < -0.39 is 0 Å². The van der Waals surface area contributed by atoms with Gasteiger partial charge >= 0.3 is 6.03 Å². The lowest BCUT2D eigenvalue weighted by atomic mass is 10.2. The van der Waals surface area contributed by atoms with E-state index in [1.165, 1.54) is 9.80 Å². The van der Waals surface area contributed by atoms with Crippen LogP contribution in [-0.4, -0.2) is 59.7 Å². The van der Waals surface area contributed by atoms with Crippen LogP contribution in [0.4, 0.5) is 4.79 Å². The van der Waals surface area contributed by atoms with Crippen molar-refractivity contribution < 1.29 is 14.4 Å². The van der Waals surface area contributed by atoms with Gasteiger partial charge in [-0.2, -0.15) is 0 Å². The van der Waals surface area contributed by atoms with Gasteiger partial charge in [0, 0.05) is 38.6 Å². The van der Waals surface area contributed by atoms with E-state index >= 15 is 0 Å². The lowest BCUT2D eigenvalue weighted by Crippen LogP contribution is -2.33. The number of imide groups is 1. The predicted molar refractivity (Wildman–Crippen MR) is 86.9 cm³/mol. The number of carbonyl (C=O) groups is 3. The molecule has 1 aromatic rings. The molecule has 124 valence electrons. The highest BCUT2D eigenvalue weighted by Gasteiger charge is 2.32. The van der Waals surface area contributed by atoms with Crippen molar-refractivity contribution >= 4 is 29.4 Å². The second-order valence-corrected chi connectivity index (χ2v) is 6.04. The van der Waals surface area contributed by atoms with E-state index in [-0.39, 0.29) is 37.4 Å². The first-order chi connectivity index (χ1) is 10.9. The highest BCUT2D eigenvalue weighted by molar-refractivity contribution is 6.31. The smallest absolute Gasteiger partial charge is 0.326 e. The number of urea groups is 1. The molecule has 0 spiro atoms. The lowest BCUT2D eigenvalue weighted by Gasteiger charge is -2.19. The minimum atomic E-state index is -0.299. The molecule has 1 saturated heterocycles. The molecule has 6 nitrogen and oxygen atoms in total. The molecule has 0 saturated carbocycles. The van der Waals surface area contributed by atoms with E-state index in [4.69, 9.17) is 11.6 Å². The Balaban J connectivity index is 1.80. The third-order valence-corrected chi connectivity index (χ3v) is 4.16. The number of amides is 4. The van der Waals surface area contributed by atoms with Gasteiger partial charge in [0.15, 0.2) is 0 Å². The van der Waals surface area contributed by atoms with Gasteiger partial charge in [0.2, 0.25) is 11.8 Å². The van der Waals surface area contributed by atoms with Gasteiger partial charge < -0.3 is 9.80 Å². The van der Waals surface area contributed by atoms with Crippen LogP contribution in [0, 0.1) is 0 Å². The summed E-state index contributed by atoms with van der Waals surface area (Å²) in [4.78, 5) is 39.7. The van der Waals surface area contributed by atoms with Crippen LogP contribution < -0.4 is 0 Å². The molecule has 0 aromatic heterocycles. The largest absolute Gasteiger partial charge is 0.341 e. The third-order valence-electron chi connectivity index (χ3n) is 3.79. The molecule has 1 fully saturated rings. The van der Waals surface area contributed by atoms with Gasteiger partial charge in [-0.25, -0.2) is 4.79 Å². The third kappa shape index (κ3) is 4.22. The first-order valence-electron chi connectivity index (χ1n) is 7.43. The van der Waals surface area contributed by atoms with E-state index in [1.54, 1.807) is 25.1 Å². The Morgan fingerprint density at radius 3 is 2.61 bits per heavy atom. The van der Waals surface area contributed by atoms with Gasteiger partial charge in [0.25, 0.3) is 0 Å². The molecule has 4 amide bonds. The fourth-order valence-electron chi connectivity index (χ4n) is 2.44. The van der Waals surface area contributed by atoms with Crippen LogP contribution in [0.15, 0.2) is 24.3 Å². The summed E-state index contributed by atoms with van der Waals surface area (Å²) in [5.41, 5.74) is 0.886. The van der Waals surface area contributed by atoms with Crippen LogP contribution in [0.5, 0.6) is 0 Å². The number of likely N-dealkylation sites (N-methyl/N-ethyl adjacent to an activating group) is 1. The second-order valence-electron chi connectivity index (χ2n) is 5.63. The number of benzene rings is 1. The zero-order chi connectivity index (χ0) is 17.0. The van der Waals surface area contributed by atoms with Crippen molar-refractivity contribution in [3.8, 4) is 0 Å². The van der Waals surface area contributed by atoms with Crippen LogP contribution in [-0.2, 0) is 16.1 Å². The molecule has 1 aliphatic heterocycles. The summed E-state index contributed by atoms with van der Waals surface area (Å²) in [5.74, 6) is -0.258. The molecule has 0 unspecified atom stereocenters. The maximum atomic E-state index is 12.1. The fraction of sp³-hybridized carbons (Fsp3) is 0.438. The zero-order valence-corrected chi connectivity index (χ0v) is 14.0. The number of nitrogens with zero attached hydrogens (tertiary/aromatic N) is 3. The maximum absolute atomic E-state index is 12.1. The highest BCUT2D eigenvalue weighted by atomic mass is 35.5. The minimum Gasteiger partial charge on any atom is -0.341 e. The van der Waals surface area contributed by atoms with Crippen molar-refractivity contribution in [2.75, 3.05) is 27.2 Å². The summed E-state index contributed by atoms with van der Waals surface area (Å²) < 4.78 is 0. The second kappa shape index (κ2) is 7.46. The van der Waals surface area contributed by atoms with E-state index in [0.29, 0.717) is 18.0 Å². The van der Waals surface area contributed by atoms with Crippen LogP contribution >= 0.6 is 11.6 Å². The molecule has 0 bridgehead atoms. The van der Waals surface area contributed by atoms with E-state index in [2.05, 4.69) is 0 Å². The van der Waals surface area contributed by atoms with Crippen LogP contribution in [0.25, 0.3) is 0 Å². The maximum Gasteiger partial charge on any atom is 0.326 e. The Labute approximate surface area is 140 Å². The Morgan fingerprint density at radius 1 is 1.30 bits per heavy atom. The highest BCUT2D eigenvalue weighted by Crippen LogP contribution is 2.17. The van der Waals surface area contributed by atoms with Crippen LogP contribution in [0.3, 0.4) is 0 Å². The van der Waals surface area contributed by atoms with Crippen molar-refractivity contribution in [3.63, 3.8) is 0 Å². The average Bonchev–Trinajstić information content (AvgIpc) is 2.75. The molecule has 0 radical (unpaired) electrons. The van der Waals surface area contributed by atoms with Gasteiger partial charge in [0.1, 0.15) is 6.54 Å². The summed E-state index contributed by atoms with van der Waals surface area (Å²) in [5, 5.41) is 0.628. The molecule has 2 rings (SSSR count). The standard InChI is InChI=1S/C16H20ClN3O3/c1-18(10-12-6-3-4-7-13(12)17)14(21)8-5-9-20-15(22)11-19(2)16(20)23/h3-4,6-7H,5,8-11H2,1-2H3. The summed E-state index contributed by atoms with van der Waals surface area (Å²) in [6.45, 7) is 0.815. The van der Waals surface area contributed by atoms with Crippen molar-refractivity contribution in [1.29, 1.82) is 0 Å². The van der Waals surface area contributed by atoms with Crippen molar-refractivity contribution in [2.45, 2.75) is 19.4 Å². The van der Waals surface area contributed by atoms with Gasteiger partial charge in [0.05, 0.1) is 0 Å². The average molecular weight is 338 g/mol. The van der Waals surface area contributed by atoms with Gasteiger partial charge in [-0.3, -0.25) is 14.5 Å². The molecule has 23 heavy (non-hydrogen) atoms. The number of carbonyl (C=O) groups excluding carboxylic acids is 3. The number of hydrogen-bond acceptors (Lipinski definition) is 3. The molecule has 7 heteroatoms. The molecule has 0 aliphatic carbocycles. The molecule has 0 N–H and O–H groups in total. The molecule has 1 aliphatic rings. The number of hydrogen-bond donors (Lipinski definition) is 0. The monoisotopic (exact) mass is 337 g/mol. The molecule has 0 atom stereocenters. The minimum absolute atomic E-state index is 0.0441. The van der Waals surface area contributed by atoms with E-state index in [9.17, 15) is 14.4 Å². The first-order valence-corrected chi connectivity index (χ1v) is 7.80. The van der Waals surface area contributed by atoms with E-state index in [0.717, 1.165) is 5.56 Å². The Kier molecular flexibility index (Phi) is 5.60. The molecular weight excluding hydrogens is 318 g/mol. The van der Waals surface area contributed by atoms with Crippen molar-refractivity contribution in [2.24, 2.45) is 0 Å². The summed E-state index contributed by atoms with van der Waals surface area (Å²) in [6.07, 6.45) is 0.735. The zero-order valence-electron chi connectivity index (χ0n) is 13.3. The number of halogens is 1. The molecule has 1 aromatic carbocycles. The van der Waals surface area contributed by atoms with Crippen LogP contribution in [0.2, 0.25) is 5.02 Å². The van der Waals surface area contributed by atoms with Crippen molar-refractivity contribution in [3.05, 3.63) is 34.9 Å². The molecular formula is C16H20ClN3O3. The normalized spacial score (nSPS) is 14.6. The van der Waals surface area contributed by atoms with E-state index in [1.807, 2.05) is 18.2 Å². The van der Waals surface area contributed by atoms with Crippen molar-refractivity contribution in [1.82, 2.24) is 14.7 Å². The summed E-state index contributed by atoms with van der Waals surface area (Å²) in [6, 6.07) is 7.08. The van der Waals surface area contributed by atoms with Gasteiger partial charge in [-0.1, -0.05) is 29.8 Å². The first kappa shape index (κ1) is 17.3. The SMILES string of the molecule is CN(Cc1ccccc1Cl)C(=O)CCCN1C(=O)CN(C)C1=O. The van der Waals surface area contributed by atoms with Gasteiger partial charge in [-0.05, 0) is 18.1 Å². The quantitative estimate of drug-likeness (QED) is 0.746. The number of rotatable bonds is 6. The summed E-state index contributed by atoms with van der Waals surface area (Å²) in [7, 11) is 3.30.